The molecule has 1 unspecified atom stereocenters. The van der Waals surface area contributed by atoms with Gasteiger partial charge in [-0.25, -0.2) is 0 Å². The molecule has 0 radical (unpaired) electrons. The third-order valence-corrected chi connectivity index (χ3v) is 4.01. The number of carbonyl (C=O) groups excluding carboxylic acids is 1. The fraction of sp³-hybridized carbons (Fsp3) is 0.333. The van der Waals surface area contributed by atoms with E-state index < -0.39 is 0 Å². The molecule has 0 aliphatic carbocycles. The molecule has 1 heterocycles. The largest absolute Gasteiger partial charge is 0.389 e. The van der Waals surface area contributed by atoms with Crippen LogP contribution in [-0.2, 0) is 4.79 Å². The quantitative estimate of drug-likeness (QED) is 0.826. The maximum atomic E-state index is 11.4. The molecule has 1 atom stereocenters. The molecule has 0 aromatic heterocycles. The highest BCUT2D eigenvalue weighted by Gasteiger charge is 2.29. The molecule has 1 saturated heterocycles. The van der Waals surface area contributed by atoms with Crippen LogP contribution in [0, 0.1) is 0 Å². The van der Waals surface area contributed by atoms with E-state index in [9.17, 15) is 4.79 Å². The number of thiocarbonyl (C=S) groups is 1. The molecule has 1 amide bonds. The first-order chi connectivity index (χ1) is 8.50. The Morgan fingerprint density at radius 1 is 1.44 bits per heavy atom. The van der Waals surface area contributed by atoms with Gasteiger partial charge in [-0.05, 0) is 47.0 Å². The third kappa shape index (κ3) is 2.49. The smallest absolute Gasteiger partial charge is 0.240 e. The molecule has 18 heavy (non-hydrogen) atoms. The van der Waals surface area contributed by atoms with Crippen molar-refractivity contribution in [2.75, 3.05) is 11.4 Å². The van der Waals surface area contributed by atoms with E-state index in [-0.39, 0.29) is 11.9 Å². The summed E-state index contributed by atoms with van der Waals surface area (Å²) in [5.41, 5.74) is 12.8. The van der Waals surface area contributed by atoms with Crippen molar-refractivity contribution in [3.8, 4) is 0 Å². The zero-order chi connectivity index (χ0) is 13.3. The highest BCUT2D eigenvalue weighted by Crippen LogP contribution is 2.29. The van der Waals surface area contributed by atoms with Gasteiger partial charge in [0.15, 0.2) is 0 Å². The number of hydrogen-bond donors (Lipinski definition) is 2. The molecule has 1 aliphatic heterocycles. The van der Waals surface area contributed by atoms with Crippen LogP contribution >= 0.6 is 28.1 Å². The van der Waals surface area contributed by atoms with E-state index in [0.717, 1.165) is 35.1 Å². The molecular formula is C12H14BrN3OS. The molecule has 1 aromatic carbocycles. The lowest BCUT2D eigenvalue weighted by Crippen LogP contribution is -2.40. The normalized spacial score (nSPS) is 18.9. The van der Waals surface area contributed by atoms with Crippen LogP contribution in [0.25, 0.3) is 0 Å². The lowest BCUT2D eigenvalue weighted by atomic mass is 10.1. The predicted molar refractivity (Wildman–Crippen MR) is 79.6 cm³/mol. The highest BCUT2D eigenvalue weighted by molar-refractivity contribution is 9.10. The summed E-state index contributed by atoms with van der Waals surface area (Å²) in [5.74, 6) is -0.276. The molecular weight excluding hydrogens is 314 g/mol. The lowest BCUT2D eigenvalue weighted by molar-refractivity contribution is -0.119. The maximum absolute atomic E-state index is 11.4. The number of anilines is 1. The van der Waals surface area contributed by atoms with Crippen LogP contribution in [0.1, 0.15) is 18.4 Å². The van der Waals surface area contributed by atoms with Gasteiger partial charge < -0.3 is 16.4 Å². The Morgan fingerprint density at radius 3 is 2.72 bits per heavy atom. The number of primary amides is 1. The van der Waals surface area contributed by atoms with E-state index in [1.54, 1.807) is 0 Å². The maximum Gasteiger partial charge on any atom is 0.240 e. The topological polar surface area (TPSA) is 72.4 Å². The summed E-state index contributed by atoms with van der Waals surface area (Å²) in [6.45, 7) is 0.840. The van der Waals surface area contributed by atoms with Crippen molar-refractivity contribution < 1.29 is 4.79 Å². The number of nitrogens with zero attached hydrogens (tertiary/aromatic N) is 1. The Morgan fingerprint density at radius 2 is 2.17 bits per heavy atom. The first-order valence-corrected chi connectivity index (χ1v) is 6.86. The van der Waals surface area contributed by atoms with Gasteiger partial charge in [-0.15, -0.1) is 0 Å². The minimum Gasteiger partial charge on any atom is -0.389 e. The SMILES string of the molecule is NC(=O)C1CCCN1c1ccc(C(N)=S)c(Br)c1. The molecule has 4 nitrogen and oxygen atoms in total. The zero-order valence-corrected chi connectivity index (χ0v) is 12.1. The number of rotatable bonds is 3. The van der Waals surface area contributed by atoms with Gasteiger partial charge in [-0.2, -0.15) is 0 Å². The summed E-state index contributed by atoms with van der Waals surface area (Å²) in [7, 11) is 0. The van der Waals surface area contributed by atoms with Crippen molar-refractivity contribution in [3.63, 3.8) is 0 Å². The molecule has 1 aromatic rings. The van der Waals surface area contributed by atoms with Gasteiger partial charge in [0, 0.05) is 22.3 Å². The molecule has 1 fully saturated rings. The van der Waals surface area contributed by atoms with Crippen molar-refractivity contribution in [1.29, 1.82) is 0 Å². The standard InChI is InChI=1S/C12H14BrN3OS/c13-9-6-7(3-4-8(9)12(15)18)16-5-1-2-10(16)11(14)17/h3-4,6,10H,1-2,5H2,(H2,14,17)(H2,15,18). The minimum absolute atomic E-state index is 0.215. The van der Waals surface area contributed by atoms with Crippen molar-refractivity contribution in [2.24, 2.45) is 11.5 Å². The van der Waals surface area contributed by atoms with Crippen LogP contribution in [0.2, 0.25) is 0 Å². The van der Waals surface area contributed by atoms with Gasteiger partial charge in [0.1, 0.15) is 11.0 Å². The van der Waals surface area contributed by atoms with Crippen molar-refractivity contribution >= 4 is 44.7 Å². The Kier molecular flexibility index (Phi) is 3.87. The van der Waals surface area contributed by atoms with Crippen LogP contribution in [-0.4, -0.2) is 23.5 Å². The predicted octanol–water partition coefficient (Wildman–Crippen LogP) is 1.54. The molecule has 6 heteroatoms. The number of benzene rings is 1. The van der Waals surface area contributed by atoms with Crippen molar-refractivity contribution in [2.45, 2.75) is 18.9 Å². The molecule has 4 N–H and O–H groups in total. The van der Waals surface area contributed by atoms with E-state index >= 15 is 0 Å². The highest BCUT2D eigenvalue weighted by atomic mass is 79.9. The average molecular weight is 328 g/mol. The molecule has 0 spiro atoms. The van der Waals surface area contributed by atoms with Gasteiger partial charge in [-0.1, -0.05) is 12.2 Å². The second-order valence-electron chi connectivity index (χ2n) is 4.28. The van der Waals surface area contributed by atoms with E-state index in [1.165, 1.54) is 0 Å². The Bertz CT molecular complexity index is 506. The molecule has 2 rings (SSSR count). The number of halogens is 1. The van der Waals surface area contributed by atoms with Crippen LogP contribution in [0.5, 0.6) is 0 Å². The van der Waals surface area contributed by atoms with E-state index in [2.05, 4.69) is 15.9 Å². The Labute approximate surface area is 119 Å². The van der Waals surface area contributed by atoms with Crippen molar-refractivity contribution in [3.05, 3.63) is 28.2 Å². The molecule has 0 saturated carbocycles. The molecule has 96 valence electrons. The van der Waals surface area contributed by atoms with E-state index in [0.29, 0.717) is 4.99 Å². The number of hydrogen-bond acceptors (Lipinski definition) is 3. The second kappa shape index (κ2) is 5.24. The van der Waals surface area contributed by atoms with Gasteiger partial charge in [0.2, 0.25) is 5.91 Å². The number of amides is 1. The van der Waals surface area contributed by atoms with Gasteiger partial charge in [0.05, 0.1) is 0 Å². The fourth-order valence-electron chi connectivity index (χ4n) is 2.25. The Hall–Kier alpha value is -1.14. The van der Waals surface area contributed by atoms with Gasteiger partial charge >= 0.3 is 0 Å². The summed E-state index contributed by atoms with van der Waals surface area (Å²) < 4.78 is 0.836. The van der Waals surface area contributed by atoms with E-state index in [1.807, 2.05) is 23.1 Å². The summed E-state index contributed by atoms with van der Waals surface area (Å²) in [5, 5.41) is 0. The Balaban J connectivity index is 2.32. The lowest BCUT2D eigenvalue weighted by Gasteiger charge is -2.25. The first kappa shape index (κ1) is 13.3. The average Bonchev–Trinajstić information content (AvgIpc) is 2.77. The summed E-state index contributed by atoms with van der Waals surface area (Å²) in [6, 6.07) is 5.49. The summed E-state index contributed by atoms with van der Waals surface area (Å²) in [6.07, 6.45) is 1.78. The van der Waals surface area contributed by atoms with Gasteiger partial charge in [0.25, 0.3) is 0 Å². The zero-order valence-electron chi connectivity index (χ0n) is 9.73. The minimum atomic E-state index is -0.276. The second-order valence-corrected chi connectivity index (χ2v) is 5.58. The van der Waals surface area contributed by atoms with Crippen LogP contribution in [0.4, 0.5) is 5.69 Å². The first-order valence-electron chi connectivity index (χ1n) is 5.66. The number of nitrogens with two attached hydrogens (primary N) is 2. The fourth-order valence-corrected chi connectivity index (χ4v) is 3.14. The summed E-state index contributed by atoms with van der Waals surface area (Å²) >= 11 is 8.39. The van der Waals surface area contributed by atoms with Gasteiger partial charge in [-0.3, -0.25) is 4.79 Å². The molecule has 0 bridgehead atoms. The van der Waals surface area contributed by atoms with Crippen molar-refractivity contribution in [1.82, 2.24) is 0 Å². The van der Waals surface area contributed by atoms with Crippen LogP contribution in [0.15, 0.2) is 22.7 Å². The van der Waals surface area contributed by atoms with Crippen LogP contribution in [0.3, 0.4) is 0 Å². The summed E-state index contributed by atoms with van der Waals surface area (Å²) in [4.78, 5) is 13.7. The van der Waals surface area contributed by atoms with E-state index in [4.69, 9.17) is 23.7 Å². The third-order valence-electron chi connectivity index (χ3n) is 3.13. The number of carbonyl (C=O) groups is 1. The van der Waals surface area contributed by atoms with Crippen LogP contribution < -0.4 is 16.4 Å². The monoisotopic (exact) mass is 327 g/mol. The molecule has 1 aliphatic rings.